The molecule has 1 atom stereocenters. The fourth-order valence-corrected chi connectivity index (χ4v) is 3.64. The first kappa shape index (κ1) is 26.5. The molecule has 0 aliphatic heterocycles. The Kier molecular flexibility index (Phi) is 9.99. The fraction of sp³-hybridized carbons (Fsp3) is 0.417. The van der Waals surface area contributed by atoms with Gasteiger partial charge in [0.2, 0.25) is 21.8 Å². The lowest BCUT2D eigenvalue weighted by Crippen LogP contribution is -2.47. The van der Waals surface area contributed by atoms with Crippen molar-refractivity contribution in [1.82, 2.24) is 14.5 Å². The van der Waals surface area contributed by atoms with Crippen LogP contribution in [-0.4, -0.2) is 55.8 Å². The predicted molar refractivity (Wildman–Crippen MR) is 126 cm³/mol. The van der Waals surface area contributed by atoms with Crippen LogP contribution in [0.5, 0.6) is 0 Å². The lowest BCUT2D eigenvalue weighted by molar-refractivity contribution is -0.141. The molecule has 2 aromatic carbocycles. The smallest absolute Gasteiger partial charge is 0.247 e. The molecule has 7 nitrogen and oxygen atoms in total. The number of carbonyl (C=O) groups is 2. The van der Waals surface area contributed by atoms with Gasteiger partial charge in [-0.1, -0.05) is 62.2 Å². The molecular formula is C24H32FN3O4S. The summed E-state index contributed by atoms with van der Waals surface area (Å²) in [5.41, 5.74) is 1.22. The summed E-state index contributed by atoms with van der Waals surface area (Å²) < 4.78 is 38.2. The molecule has 2 aromatic rings. The number of carbonyl (C=O) groups excluding carboxylic acids is 2. The van der Waals surface area contributed by atoms with Crippen molar-refractivity contribution in [2.45, 2.75) is 38.8 Å². The molecular weight excluding hydrogens is 445 g/mol. The Labute approximate surface area is 195 Å². The van der Waals surface area contributed by atoms with Gasteiger partial charge in [-0.2, -0.15) is 4.31 Å². The molecule has 1 unspecified atom stereocenters. The second-order valence-corrected chi connectivity index (χ2v) is 10.1. The SMILES string of the molecule is CCCCCNC(=O)C(c1ccccc1)N(Cc1ccc(F)cc1)C(=O)CN(C)S(C)(=O)=O. The number of hydrogen-bond donors (Lipinski definition) is 1. The van der Waals surface area contributed by atoms with Crippen molar-refractivity contribution >= 4 is 21.8 Å². The van der Waals surface area contributed by atoms with Crippen LogP contribution in [0.1, 0.15) is 43.4 Å². The fourth-order valence-electron chi connectivity index (χ4n) is 3.30. The second-order valence-electron chi connectivity index (χ2n) is 7.98. The molecule has 0 spiro atoms. The Morgan fingerprint density at radius 2 is 1.67 bits per heavy atom. The number of nitrogens with zero attached hydrogens (tertiary/aromatic N) is 2. The van der Waals surface area contributed by atoms with Crippen LogP contribution in [0.3, 0.4) is 0 Å². The van der Waals surface area contributed by atoms with Gasteiger partial charge in [-0.3, -0.25) is 9.59 Å². The van der Waals surface area contributed by atoms with Crippen LogP contribution in [-0.2, 0) is 26.2 Å². The summed E-state index contributed by atoms with van der Waals surface area (Å²) in [5, 5.41) is 2.91. The van der Waals surface area contributed by atoms with Gasteiger partial charge >= 0.3 is 0 Å². The molecule has 2 rings (SSSR count). The van der Waals surface area contributed by atoms with Crippen molar-refractivity contribution in [2.24, 2.45) is 0 Å². The van der Waals surface area contributed by atoms with Gasteiger partial charge in [0, 0.05) is 20.1 Å². The number of halogens is 1. The van der Waals surface area contributed by atoms with E-state index in [2.05, 4.69) is 12.2 Å². The zero-order valence-electron chi connectivity index (χ0n) is 19.3. The zero-order chi connectivity index (χ0) is 24.4. The molecule has 2 amide bonds. The summed E-state index contributed by atoms with van der Waals surface area (Å²) in [6.07, 6.45) is 3.80. The molecule has 0 heterocycles. The number of rotatable bonds is 12. The first-order valence-corrected chi connectivity index (χ1v) is 12.8. The van der Waals surface area contributed by atoms with Crippen molar-refractivity contribution in [3.8, 4) is 0 Å². The van der Waals surface area contributed by atoms with Crippen LogP contribution in [0.15, 0.2) is 54.6 Å². The maximum Gasteiger partial charge on any atom is 0.247 e. The molecule has 0 saturated heterocycles. The van der Waals surface area contributed by atoms with E-state index in [0.717, 1.165) is 29.8 Å². The van der Waals surface area contributed by atoms with E-state index in [1.807, 2.05) is 6.07 Å². The number of sulfonamides is 1. The average molecular weight is 478 g/mol. The van der Waals surface area contributed by atoms with Gasteiger partial charge in [0.1, 0.15) is 11.9 Å². The highest BCUT2D eigenvalue weighted by atomic mass is 32.2. The predicted octanol–water partition coefficient (Wildman–Crippen LogP) is 3.09. The van der Waals surface area contributed by atoms with Crippen LogP contribution < -0.4 is 5.32 Å². The summed E-state index contributed by atoms with van der Waals surface area (Å²) in [7, 11) is -2.29. The van der Waals surface area contributed by atoms with Gasteiger partial charge in [0.15, 0.2) is 0 Å². The quantitative estimate of drug-likeness (QED) is 0.476. The van der Waals surface area contributed by atoms with Gasteiger partial charge in [0.25, 0.3) is 0 Å². The topological polar surface area (TPSA) is 86.8 Å². The van der Waals surface area contributed by atoms with Crippen LogP contribution in [0.25, 0.3) is 0 Å². The highest BCUT2D eigenvalue weighted by Crippen LogP contribution is 2.24. The summed E-state index contributed by atoms with van der Waals surface area (Å²) in [5.74, 6) is -1.30. The third kappa shape index (κ3) is 8.25. The van der Waals surface area contributed by atoms with E-state index < -0.39 is 34.3 Å². The van der Waals surface area contributed by atoms with Gasteiger partial charge in [0.05, 0.1) is 12.8 Å². The molecule has 0 aromatic heterocycles. The summed E-state index contributed by atoms with van der Waals surface area (Å²) >= 11 is 0. The van der Waals surface area contributed by atoms with Crippen LogP contribution in [0, 0.1) is 5.82 Å². The molecule has 180 valence electrons. The van der Waals surface area contributed by atoms with Crippen LogP contribution >= 0.6 is 0 Å². The Morgan fingerprint density at radius 1 is 1.03 bits per heavy atom. The lowest BCUT2D eigenvalue weighted by atomic mass is 10.0. The van der Waals surface area contributed by atoms with Gasteiger partial charge in [-0.25, -0.2) is 12.8 Å². The first-order chi connectivity index (χ1) is 15.6. The Bertz CT molecular complexity index is 1010. The van der Waals surface area contributed by atoms with E-state index in [9.17, 15) is 22.4 Å². The molecule has 0 radical (unpaired) electrons. The Hall–Kier alpha value is -2.78. The Morgan fingerprint density at radius 3 is 2.24 bits per heavy atom. The van der Waals surface area contributed by atoms with Crippen molar-refractivity contribution in [3.05, 3.63) is 71.5 Å². The van der Waals surface area contributed by atoms with Gasteiger partial charge in [-0.05, 0) is 29.7 Å². The Balaban J connectivity index is 2.42. The second kappa shape index (κ2) is 12.5. The number of hydrogen-bond acceptors (Lipinski definition) is 4. The number of nitrogens with one attached hydrogen (secondary N) is 1. The highest BCUT2D eigenvalue weighted by molar-refractivity contribution is 7.88. The largest absolute Gasteiger partial charge is 0.354 e. The van der Waals surface area contributed by atoms with E-state index in [-0.39, 0.29) is 12.5 Å². The molecule has 0 aliphatic rings. The number of likely N-dealkylation sites (N-methyl/N-ethyl adjacent to an activating group) is 1. The minimum atomic E-state index is -3.61. The monoisotopic (exact) mass is 477 g/mol. The van der Waals surface area contributed by atoms with E-state index in [1.165, 1.54) is 36.2 Å². The summed E-state index contributed by atoms with van der Waals surface area (Å²) in [6, 6.07) is 13.5. The minimum absolute atomic E-state index is 0.0126. The van der Waals surface area contributed by atoms with Gasteiger partial charge < -0.3 is 10.2 Å². The third-order valence-electron chi connectivity index (χ3n) is 5.27. The molecule has 33 heavy (non-hydrogen) atoms. The maximum atomic E-state index is 13.4. The molecule has 0 saturated carbocycles. The molecule has 9 heteroatoms. The standard InChI is InChI=1S/C24H32FN3O4S/c1-4-5-9-16-26-24(30)23(20-10-7-6-8-11-20)28(17-19-12-14-21(25)15-13-19)22(29)18-27(2)33(3,31)32/h6-8,10-15,23H,4-5,9,16-18H2,1-3H3,(H,26,30). The minimum Gasteiger partial charge on any atom is -0.354 e. The molecule has 1 N–H and O–H groups in total. The normalized spacial score (nSPS) is 12.4. The van der Waals surface area contributed by atoms with E-state index in [4.69, 9.17) is 0 Å². The molecule has 0 aliphatic carbocycles. The first-order valence-electron chi connectivity index (χ1n) is 10.9. The van der Waals surface area contributed by atoms with Crippen molar-refractivity contribution in [2.75, 3.05) is 26.4 Å². The van der Waals surface area contributed by atoms with E-state index >= 15 is 0 Å². The summed E-state index contributed by atoms with van der Waals surface area (Å²) in [6.45, 7) is 2.12. The van der Waals surface area contributed by atoms with E-state index in [1.54, 1.807) is 24.3 Å². The molecule has 0 fully saturated rings. The van der Waals surface area contributed by atoms with Crippen LogP contribution in [0.4, 0.5) is 4.39 Å². The van der Waals surface area contributed by atoms with Gasteiger partial charge in [-0.15, -0.1) is 0 Å². The van der Waals surface area contributed by atoms with Crippen molar-refractivity contribution < 1.29 is 22.4 Å². The number of unbranched alkanes of at least 4 members (excludes halogenated alkanes) is 2. The molecule has 0 bridgehead atoms. The van der Waals surface area contributed by atoms with Crippen molar-refractivity contribution in [3.63, 3.8) is 0 Å². The maximum absolute atomic E-state index is 13.4. The number of benzene rings is 2. The summed E-state index contributed by atoms with van der Waals surface area (Å²) in [4.78, 5) is 28.0. The number of amides is 2. The van der Waals surface area contributed by atoms with Crippen LogP contribution in [0.2, 0.25) is 0 Å². The van der Waals surface area contributed by atoms with Crippen molar-refractivity contribution in [1.29, 1.82) is 0 Å². The lowest BCUT2D eigenvalue weighted by Gasteiger charge is -2.32. The highest BCUT2D eigenvalue weighted by Gasteiger charge is 2.32. The van der Waals surface area contributed by atoms with E-state index in [0.29, 0.717) is 17.7 Å². The third-order valence-corrected chi connectivity index (χ3v) is 6.53. The zero-order valence-corrected chi connectivity index (χ0v) is 20.1. The average Bonchev–Trinajstić information content (AvgIpc) is 2.77.